The zero-order valence-electron chi connectivity index (χ0n) is 15.7. The predicted octanol–water partition coefficient (Wildman–Crippen LogP) is 0.466. The Kier molecular flexibility index (Phi) is 4.38. The predicted molar refractivity (Wildman–Crippen MR) is 103 cm³/mol. The number of piperidine rings is 1. The molecule has 154 valence electrons. The molecule has 3 saturated heterocycles. The van der Waals surface area contributed by atoms with Crippen LogP contribution >= 0.6 is 22.7 Å². The highest BCUT2D eigenvalue weighted by Gasteiger charge is 2.72. The molecule has 29 heavy (non-hydrogen) atoms. The zero-order valence-corrected chi connectivity index (χ0v) is 17.4. The van der Waals surface area contributed by atoms with Crippen LogP contribution in [0.2, 0.25) is 0 Å². The molecule has 3 unspecified atom stereocenters. The SMILES string of the molecule is C[N+]1(CC(=O)[O-])[C@@H]2CC(OC(=O)C(O)(c3ccsc3)c3cccs3)C[C@H]1[C@@H]1O[C@@H]12. The smallest absolute Gasteiger partial charge is 0.348 e. The molecule has 0 aromatic carbocycles. The second kappa shape index (κ2) is 6.61. The van der Waals surface area contributed by atoms with Crippen LogP contribution in [0.1, 0.15) is 23.3 Å². The minimum absolute atomic E-state index is 0.0149. The lowest BCUT2D eigenvalue weighted by molar-refractivity contribution is -0.950. The van der Waals surface area contributed by atoms with Gasteiger partial charge >= 0.3 is 5.97 Å². The van der Waals surface area contributed by atoms with Crippen molar-refractivity contribution in [2.24, 2.45) is 0 Å². The van der Waals surface area contributed by atoms with Crippen molar-refractivity contribution in [3.05, 3.63) is 44.8 Å². The molecular formula is C20H21NO6S2. The molecular weight excluding hydrogens is 414 g/mol. The summed E-state index contributed by atoms with van der Waals surface area (Å²) in [7, 11) is 1.92. The van der Waals surface area contributed by atoms with Gasteiger partial charge in [0, 0.05) is 18.4 Å². The fraction of sp³-hybridized carbons (Fsp3) is 0.500. The number of hydrogen-bond donors (Lipinski definition) is 1. The van der Waals surface area contributed by atoms with Crippen molar-refractivity contribution >= 4 is 34.6 Å². The fourth-order valence-corrected chi connectivity index (χ4v) is 6.75. The van der Waals surface area contributed by atoms with Crippen LogP contribution in [-0.2, 0) is 24.7 Å². The number of aliphatic hydroxyl groups is 1. The third kappa shape index (κ3) is 2.87. The minimum atomic E-state index is -1.84. The van der Waals surface area contributed by atoms with E-state index in [2.05, 4.69) is 0 Å². The number of ether oxygens (including phenoxy) is 2. The summed E-state index contributed by atoms with van der Waals surface area (Å²) >= 11 is 2.71. The number of carboxylic acid groups (broad SMARTS) is 1. The van der Waals surface area contributed by atoms with Gasteiger partial charge in [0.05, 0.1) is 17.9 Å². The lowest BCUT2D eigenvalue weighted by atomic mass is 9.93. The Bertz CT molecular complexity index is 875. The third-order valence-electron chi connectivity index (χ3n) is 6.70. The molecule has 2 aromatic heterocycles. The molecule has 0 radical (unpaired) electrons. The van der Waals surface area contributed by atoms with Gasteiger partial charge in [-0.3, -0.25) is 0 Å². The van der Waals surface area contributed by atoms with Crippen LogP contribution in [0.15, 0.2) is 34.3 Å². The maximum absolute atomic E-state index is 13.2. The minimum Gasteiger partial charge on any atom is -0.544 e. The summed E-state index contributed by atoms with van der Waals surface area (Å²) in [5.74, 6) is -1.77. The van der Waals surface area contributed by atoms with Gasteiger partial charge in [0.25, 0.3) is 0 Å². The van der Waals surface area contributed by atoms with Gasteiger partial charge in [0.2, 0.25) is 5.60 Å². The maximum Gasteiger partial charge on any atom is 0.348 e. The Morgan fingerprint density at radius 3 is 2.59 bits per heavy atom. The van der Waals surface area contributed by atoms with Crippen molar-refractivity contribution < 1.29 is 33.8 Å². The summed E-state index contributed by atoms with van der Waals surface area (Å²) in [4.78, 5) is 25.0. The Labute approximate surface area is 175 Å². The highest BCUT2D eigenvalue weighted by molar-refractivity contribution is 7.10. The lowest BCUT2D eigenvalue weighted by Crippen LogP contribution is -2.65. The molecule has 0 saturated carbocycles. The van der Waals surface area contributed by atoms with Gasteiger partial charge in [-0.1, -0.05) is 6.07 Å². The third-order valence-corrected chi connectivity index (χ3v) is 8.36. The zero-order chi connectivity index (χ0) is 20.4. The van der Waals surface area contributed by atoms with E-state index in [0.717, 1.165) is 0 Å². The van der Waals surface area contributed by atoms with Crippen LogP contribution in [-0.4, -0.2) is 65.5 Å². The van der Waals surface area contributed by atoms with Gasteiger partial charge in [-0.25, -0.2) is 4.79 Å². The summed E-state index contributed by atoms with van der Waals surface area (Å²) in [6.45, 7) is -0.0691. The highest BCUT2D eigenvalue weighted by atomic mass is 32.1. The van der Waals surface area contributed by atoms with Gasteiger partial charge in [-0.05, 0) is 28.3 Å². The molecule has 9 heteroatoms. The topological polar surface area (TPSA) is 99.2 Å². The molecule has 0 amide bonds. The van der Waals surface area contributed by atoms with Gasteiger partial charge in [-0.15, -0.1) is 11.3 Å². The van der Waals surface area contributed by atoms with Crippen molar-refractivity contribution in [1.29, 1.82) is 0 Å². The van der Waals surface area contributed by atoms with Crippen molar-refractivity contribution in [3.8, 4) is 0 Å². The van der Waals surface area contributed by atoms with E-state index in [4.69, 9.17) is 9.47 Å². The molecule has 2 bridgehead atoms. The van der Waals surface area contributed by atoms with Crippen LogP contribution < -0.4 is 5.11 Å². The average Bonchev–Trinajstić information content (AvgIpc) is 3.03. The Morgan fingerprint density at radius 2 is 2.03 bits per heavy atom. The van der Waals surface area contributed by atoms with E-state index in [9.17, 15) is 19.8 Å². The normalized spacial score (nSPS) is 36.8. The molecule has 7 nitrogen and oxygen atoms in total. The largest absolute Gasteiger partial charge is 0.544 e. The number of carbonyl (C=O) groups excluding carboxylic acids is 2. The highest BCUT2D eigenvalue weighted by Crippen LogP contribution is 2.52. The number of nitrogens with zero attached hydrogens (tertiary/aromatic N) is 1. The van der Waals surface area contributed by atoms with Gasteiger partial charge in [0.1, 0.15) is 36.9 Å². The number of thiophene rings is 2. The van der Waals surface area contributed by atoms with Crippen molar-refractivity contribution in [1.82, 2.24) is 0 Å². The molecule has 1 N–H and O–H groups in total. The summed E-state index contributed by atoms with van der Waals surface area (Å²) in [5.41, 5.74) is -1.34. The summed E-state index contributed by atoms with van der Waals surface area (Å²) in [5, 5.41) is 28.1. The molecule has 3 fully saturated rings. The van der Waals surface area contributed by atoms with Crippen molar-refractivity contribution in [3.63, 3.8) is 0 Å². The van der Waals surface area contributed by atoms with E-state index < -0.39 is 17.5 Å². The number of rotatable bonds is 6. The van der Waals surface area contributed by atoms with Crippen molar-refractivity contribution in [2.75, 3.05) is 13.6 Å². The number of morpholine rings is 1. The second-order valence-electron chi connectivity index (χ2n) is 8.28. The molecule has 5 heterocycles. The number of esters is 1. The van der Waals surface area contributed by atoms with Gasteiger partial charge in [-0.2, -0.15) is 11.3 Å². The summed E-state index contributed by atoms with van der Waals surface area (Å²) < 4.78 is 11.9. The molecule has 7 atom stereocenters. The Hall–Kier alpha value is -1.78. The standard InChI is InChI=1S/C20H21NO6S2/c1-21(9-16(22)23)13-7-12(8-14(21)18-17(13)27-18)26-19(24)20(25,11-4-6-28-10-11)15-3-2-5-29-15/h2-6,10,12-14,17-18,25H,7-9H2,1H3/t12?,13-,14+,17-,18+,20?,21?. The fourth-order valence-electron chi connectivity index (χ4n) is 5.22. The summed E-state index contributed by atoms with van der Waals surface area (Å²) in [6, 6.07) is 5.15. The number of likely N-dealkylation sites (N-methyl/N-ethyl adjacent to an activating group) is 1. The van der Waals surface area contributed by atoms with Crippen molar-refractivity contribution in [2.45, 2.75) is 48.8 Å². The molecule has 2 aromatic rings. The van der Waals surface area contributed by atoms with E-state index in [1.54, 1.807) is 23.6 Å². The number of hydrogen-bond acceptors (Lipinski definition) is 8. The number of aliphatic carboxylic acids is 1. The van der Waals surface area contributed by atoms with E-state index in [1.165, 1.54) is 22.7 Å². The lowest BCUT2D eigenvalue weighted by Gasteiger charge is -2.48. The molecule has 3 aliphatic heterocycles. The van der Waals surface area contributed by atoms with Crippen LogP contribution in [0.25, 0.3) is 0 Å². The van der Waals surface area contributed by atoms with Crippen LogP contribution in [0.5, 0.6) is 0 Å². The van der Waals surface area contributed by atoms with Crippen LogP contribution in [0, 0.1) is 0 Å². The molecule has 3 aliphatic rings. The number of epoxide rings is 1. The first kappa shape index (κ1) is 19.2. The van der Waals surface area contributed by atoms with E-state index >= 15 is 0 Å². The molecule has 5 rings (SSSR count). The van der Waals surface area contributed by atoms with E-state index in [-0.39, 0.29) is 36.9 Å². The first-order valence-electron chi connectivity index (χ1n) is 9.54. The molecule has 0 spiro atoms. The van der Waals surface area contributed by atoms with E-state index in [0.29, 0.717) is 27.8 Å². The average molecular weight is 436 g/mol. The maximum atomic E-state index is 13.2. The van der Waals surface area contributed by atoms with Gasteiger partial charge in [0.15, 0.2) is 0 Å². The first-order chi connectivity index (χ1) is 13.8. The number of carbonyl (C=O) groups is 2. The van der Waals surface area contributed by atoms with E-state index in [1.807, 2.05) is 17.8 Å². The number of carboxylic acids is 1. The van der Waals surface area contributed by atoms with Crippen LogP contribution in [0.3, 0.4) is 0 Å². The van der Waals surface area contributed by atoms with Crippen LogP contribution in [0.4, 0.5) is 0 Å². The second-order valence-corrected chi connectivity index (χ2v) is 10.0. The Balaban J connectivity index is 1.37. The summed E-state index contributed by atoms with van der Waals surface area (Å²) in [6.07, 6.45) is 0.670. The monoisotopic (exact) mass is 435 g/mol. The number of quaternary nitrogens is 1. The Morgan fingerprint density at radius 1 is 1.31 bits per heavy atom. The first-order valence-corrected chi connectivity index (χ1v) is 11.4. The van der Waals surface area contributed by atoms with Gasteiger partial charge < -0.3 is 29.0 Å². The molecule has 0 aliphatic carbocycles. The quantitative estimate of drug-likeness (QED) is 0.402. The number of fused-ring (bicyclic) bond motifs is 5.